The molecule has 1 amide bonds. The fourth-order valence-corrected chi connectivity index (χ4v) is 2.74. The van der Waals surface area contributed by atoms with Crippen molar-refractivity contribution in [3.63, 3.8) is 0 Å². The molecule has 0 spiro atoms. The van der Waals surface area contributed by atoms with E-state index in [9.17, 15) is 4.79 Å². The number of hydrogen-bond donors (Lipinski definition) is 1. The highest BCUT2D eigenvalue weighted by atomic mass is 16.2. The van der Waals surface area contributed by atoms with Gasteiger partial charge in [-0.1, -0.05) is 42.5 Å². The third-order valence-electron chi connectivity index (χ3n) is 4.38. The molecule has 0 aliphatic carbocycles. The Bertz CT molecular complexity index is 735. The standard InChI is InChI=1S/C22H30N4O/c1-5-26(6-2)21(27)20-14-12-19(13-15-20)17-24-22(25(3)4)23-16-18-10-8-7-9-11-18/h7-15H,5-6,16-17H2,1-4H3,(H,23,24). The molecule has 0 radical (unpaired) electrons. The second-order valence-corrected chi connectivity index (χ2v) is 6.55. The first-order valence-corrected chi connectivity index (χ1v) is 9.42. The van der Waals surface area contributed by atoms with Crippen LogP contribution in [0, 0.1) is 0 Å². The lowest BCUT2D eigenvalue weighted by molar-refractivity contribution is 0.0773. The van der Waals surface area contributed by atoms with E-state index in [0.29, 0.717) is 13.1 Å². The molecule has 0 bridgehead atoms. The van der Waals surface area contributed by atoms with Crippen LogP contribution in [0.15, 0.2) is 59.6 Å². The minimum Gasteiger partial charge on any atom is -0.352 e. The molecule has 0 aliphatic heterocycles. The van der Waals surface area contributed by atoms with Gasteiger partial charge in [0.25, 0.3) is 5.91 Å². The van der Waals surface area contributed by atoms with Gasteiger partial charge in [-0.3, -0.25) is 4.79 Å². The maximum atomic E-state index is 12.4. The molecule has 2 aromatic carbocycles. The van der Waals surface area contributed by atoms with Gasteiger partial charge in [0.1, 0.15) is 0 Å². The molecule has 0 fully saturated rings. The second kappa shape index (κ2) is 10.4. The van der Waals surface area contributed by atoms with Crippen molar-refractivity contribution in [3.8, 4) is 0 Å². The van der Waals surface area contributed by atoms with Gasteiger partial charge in [0.15, 0.2) is 5.96 Å². The highest BCUT2D eigenvalue weighted by Gasteiger charge is 2.12. The summed E-state index contributed by atoms with van der Waals surface area (Å²) in [5, 5.41) is 3.38. The van der Waals surface area contributed by atoms with Gasteiger partial charge in [0.05, 0.1) is 6.54 Å². The number of amides is 1. The molecule has 0 saturated carbocycles. The van der Waals surface area contributed by atoms with Gasteiger partial charge in [-0.25, -0.2) is 4.99 Å². The third-order valence-corrected chi connectivity index (χ3v) is 4.38. The Hall–Kier alpha value is -2.82. The zero-order valence-corrected chi connectivity index (χ0v) is 16.8. The Kier molecular flexibility index (Phi) is 7.86. The lowest BCUT2D eigenvalue weighted by Crippen LogP contribution is -2.36. The summed E-state index contributed by atoms with van der Waals surface area (Å²) in [6.45, 7) is 6.74. The number of hydrogen-bond acceptors (Lipinski definition) is 2. The summed E-state index contributed by atoms with van der Waals surface area (Å²) in [6.07, 6.45) is 0. The smallest absolute Gasteiger partial charge is 0.253 e. The van der Waals surface area contributed by atoms with E-state index in [1.165, 1.54) is 5.56 Å². The molecule has 5 nitrogen and oxygen atoms in total. The molecule has 27 heavy (non-hydrogen) atoms. The maximum Gasteiger partial charge on any atom is 0.253 e. The highest BCUT2D eigenvalue weighted by molar-refractivity contribution is 5.94. The zero-order chi connectivity index (χ0) is 19.6. The topological polar surface area (TPSA) is 47.9 Å². The van der Waals surface area contributed by atoms with Crippen LogP contribution in [0.25, 0.3) is 0 Å². The first-order chi connectivity index (χ1) is 13.0. The number of guanidine groups is 1. The van der Waals surface area contributed by atoms with Crippen LogP contribution >= 0.6 is 0 Å². The van der Waals surface area contributed by atoms with Crippen LogP contribution in [-0.4, -0.2) is 48.9 Å². The van der Waals surface area contributed by atoms with E-state index in [0.717, 1.165) is 30.2 Å². The fraction of sp³-hybridized carbons (Fsp3) is 0.364. The minimum atomic E-state index is 0.0814. The lowest BCUT2D eigenvalue weighted by atomic mass is 10.1. The Morgan fingerprint density at radius 2 is 1.56 bits per heavy atom. The number of carbonyl (C=O) groups is 1. The average molecular weight is 367 g/mol. The Labute approximate surface area is 162 Å². The van der Waals surface area contributed by atoms with Crippen molar-refractivity contribution in [3.05, 3.63) is 71.3 Å². The summed E-state index contributed by atoms with van der Waals surface area (Å²) in [6, 6.07) is 18.0. The first kappa shape index (κ1) is 20.5. The van der Waals surface area contributed by atoms with E-state index < -0.39 is 0 Å². The van der Waals surface area contributed by atoms with E-state index in [4.69, 9.17) is 0 Å². The van der Waals surface area contributed by atoms with Crippen LogP contribution in [0.3, 0.4) is 0 Å². The Morgan fingerprint density at radius 3 is 2.11 bits per heavy atom. The lowest BCUT2D eigenvalue weighted by Gasteiger charge is -2.19. The van der Waals surface area contributed by atoms with E-state index >= 15 is 0 Å². The summed E-state index contributed by atoms with van der Waals surface area (Å²) in [5.41, 5.74) is 3.02. The summed E-state index contributed by atoms with van der Waals surface area (Å²) < 4.78 is 0. The van der Waals surface area contributed by atoms with E-state index in [-0.39, 0.29) is 5.91 Å². The third kappa shape index (κ3) is 6.13. The normalized spacial score (nSPS) is 11.2. The molecule has 0 aliphatic rings. The average Bonchev–Trinajstić information content (AvgIpc) is 2.69. The van der Waals surface area contributed by atoms with Crippen LogP contribution in [-0.2, 0) is 13.1 Å². The summed E-state index contributed by atoms with van der Waals surface area (Å²) in [4.78, 5) is 20.8. The summed E-state index contributed by atoms with van der Waals surface area (Å²) in [5.74, 6) is 0.917. The predicted molar refractivity (Wildman–Crippen MR) is 112 cm³/mol. The molecule has 0 heterocycles. The highest BCUT2D eigenvalue weighted by Crippen LogP contribution is 2.08. The number of benzene rings is 2. The molecule has 0 atom stereocenters. The number of rotatable bonds is 7. The Morgan fingerprint density at radius 1 is 0.926 bits per heavy atom. The molecule has 144 valence electrons. The molecular formula is C22H30N4O. The fourth-order valence-electron chi connectivity index (χ4n) is 2.74. The molecular weight excluding hydrogens is 336 g/mol. The summed E-state index contributed by atoms with van der Waals surface area (Å²) in [7, 11) is 3.95. The van der Waals surface area contributed by atoms with Gasteiger partial charge < -0.3 is 15.1 Å². The molecule has 5 heteroatoms. The molecule has 0 aromatic heterocycles. The SMILES string of the molecule is CCN(CC)C(=O)c1ccc(CNC(=NCc2ccccc2)N(C)C)cc1. The number of carbonyl (C=O) groups excluding carboxylic acids is 1. The first-order valence-electron chi connectivity index (χ1n) is 9.42. The van der Waals surface area contributed by atoms with E-state index in [2.05, 4.69) is 22.4 Å². The Balaban J connectivity index is 1.98. The minimum absolute atomic E-state index is 0.0814. The molecule has 0 unspecified atom stereocenters. The van der Waals surface area contributed by atoms with Crippen molar-refractivity contribution in [1.29, 1.82) is 0 Å². The van der Waals surface area contributed by atoms with Crippen molar-refractivity contribution in [2.24, 2.45) is 4.99 Å². The van der Waals surface area contributed by atoms with Gasteiger partial charge in [-0.2, -0.15) is 0 Å². The second-order valence-electron chi connectivity index (χ2n) is 6.55. The molecule has 1 N–H and O–H groups in total. The van der Waals surface area contributed by atoms with E-state index in [1.54, 1.807) is 0 Å². The van der Waals surface area contributed by atoms with E-state index in [1.807, 2.05) is 80.2 Å². The van der Waals surface area contributed by atoms with Crippen LogP contribution in [0.1, 0.15) is 35.3 Å². The van der Waals surface area contributed by atoms with Crippen LogP contribution in [0.4, 0.5) is 0 Å². The summed E-state index contributed by atoms with van der Waals surface area (Å²) >= 11 is 0. The molecule has 2 aromatic rings. The number of aliphatic imine (C=N–C) groups is 1. The van der Waals surface area contributed by atoms with Crippen molar-refractivity contribution in [1.82, 2.24) is 15.1 Å². The van der Waals surface area contributed by atoms with Crippen molar-refractivity contribution >= 4 is 11.9 Å². The van der Waals surface area contributed by atoms with Gasteiger partial charge in [0.2, 0.25) is 0 Å². The molecule has 2 rings (SSSR count). The largest absolute Gasteiger partial charge is 0.352 e. The zero-order valence-electron chi connectivity index (χ0n) is 16.8. The number of nitrogens with one attached hydrogen (secondary N) is 1. The van der Waals surface area contributed by atoms with Crippen LogP contribution < -0.4 is 5.32 Å². The van der Waals surface area contributed by atoms with Crippen LogP contribution in [0.5, 0.6) is 0 Å². The molecule has 0 saturated heterocycles. The van der Waals surface area contributed by atoms with Crippen molar-refractivity contribution in [2.45, 2.75) is 26.9 Å². The van der Waals surface area contributed by atoms with Crippen molar-refractivity contribution in [2.75, 3.05) is 27.2 Å². The van der Waals surface area contributed by atoms with Gasteiger partial charge in [-0.05, 0) is 37.1 Å². The van der Waals surface area contributed by atoms with Gasteiger partial charge >= 0.3 is 0 Å². The monoisotopic (exact) mass is 366 g/mol. The van der Waals surface area contributed by atoms with Gasteiger partial charge in [-0.15, -0.1) is 0 Å². The maximum absolute atomic E-state index is 12.4. The van der Waals surface area contributed by atoms with Crippen LogP contribution in [0.2, 0.25) is 0 Å². The predicted octanol–water partition coefficient (Wildman–Crippen LogP) is 3.38. The van der Waals surface area contributed by atoms with Gasteiger partial charge in [0, 0.05) is 39.3 Å². The van der Waals surface area contributed by atoms with Crippen molar-refractivity contribution < 1.29 is 4.79 Å². The number of nitrogens with zero attached hydrogens (tertiary/aromatic N) is 3. The quantitative estimate of drug-likeness (QED) is 0.604.